The second-order valence-corrected chi connectivity index (χ2v) is 6.20. The molecule has 0 radical (unpaired) electrons. The first-order chi connectivity index (χ1) is 13.8. The van der Waals surface area contributed by atoms with Gasteiger partial charge in [-0.05, 0) is 30.3 Å². The van der Waals surface area contributed by atoms with E-state index in [4.69, 9.17) is 9.47 Å². The molecule has 0 fully saturated rings. The Kier molecular flexibility index (Phi) is 3.86. The van der Waals surface area contributed by atoms with E-state index in [9.17, 15) is 4.79 Å². The van der Waals surface area contributed by atoms with Gasteiger partial charge in [-0.25, -0.2) is 4.98 Å². The first-order valence-corrected chi connectivity index (χ1v) is 8.75. The van der Waals surface area contributed by atoms with Gasteiger partial charge in [-0.15, -0.1) is 10.2 Å². The highest BCUT2D eigenvalue weighted by Gasteiger charge is 2.14. The average molecular weight is 373 g/mol. The number of ether oxygens (including phenoxy) is 2. The molecule has 2 aromatic heterocycles. The lowest BCUT2D eigenvalue weighted by molar-refractivity contribution is 0.102. The number of amides is 1. The lowest BCUT2D eigenvalue weighted by Crippen LogP contribution is -2.16. The van der Waals surface area contributed by atoms with Gasteiger partial charge in [0.2, 0.25) is 0 Å². The molecule has 1 aliphatic heterocycles. The third-order valence-corrected chi connectivity index (χ3v) is 4.39. The van der Waals surface area contributed by atoms with E-state index >= 15 is 0 Å². The molecule has 138 valence electrons. The summed E-state index contributed by atoms with van der Waals surface area (Å²) in [5.41, 5.74) is 2.02. The molecule has 0 aliphatic carbocycles. The van der Waals surface area contributed by atoms with Crippen molar-refractivity contribution in [3.05, 3.63) is 66.5 Å². The van der Waals surface area contributed by atoms with Gasteiger partial charge in [0.05, 0.1) is 0 Å². The van der Waals surface area contributed by atoms with Crippen LogP contribution in [0.3, 0.4) is 0 Å². The van der Waals surface area contributed by atoms with Crippen LogP contribution in [-0.2, 0) is 0 Å². The van der Waals surface area contributed by atoms with Gasteiger partial charge < -0.3 is 14.8 Å². The van der Waals surface area contributed by atoms with E-state index in [0.29, 0.717) is 47.6 Å². The number of aromatic nitrogens is 4. The molecule has 2 aromatic carbocycles. The Balaban J connectivity index is 1.36. The standard InChI is InChI=1S/C20H15N5O3/c26-19(22-15-6-7-16-17(12-15)28-11-10-27-16)14-4-2-13(3-5-14)18-23-24-20-21-8-1-9-25(18)20/h1-9,12H,10-11H2,(H,22,26). The van der Waals surface area contributed by atoms with Crippen LogP contribution in [0.25, 0.3) is 17.2 Å². The summed E-state index contributed by atoms with van der Waals surface area (Å²) in [6.07, 6.45) is 3.51. The van der Waals surface area contributed by atoms with Crippen molar-refractivity contribution < 1.29 is 14.3 Å². The first-order valence-electron chi connectivity index (χ1n) is 8.75. The number of nitrogens with zero attached hydrogens (tertiary/aromatic N) is 4. The molecule has 0 unspecified atom stereocenters. The smallest absolute Gasteiger partial charge is 0.255 e. The molecule has 4 aromatic rings. The minimum Gasteiger partial charge on any atom is -0.486 e. The number of carbonyl (C=O) groups excluding carboxylic acids is 1. The highest BCUT2D eigenvalue weighted by molar-refractivity contribution is 6.04. The Labute approximate surface area is 159 Å². The summed E-state index contributed by atoms with van der Waals surface area (Å²) in [6, 6.07) is 14.3. The van der Waals surface area contributed by atoms with Crippen molar-refractivity contribution in [3.63, 3.8) is 0 Å². The molecule has 0 saturated heterocycles. The molecule has 1 aliphatic rings. The van der Waals surface area contributed by atoms with Gasteiger partial charge in [0, 0.05) is 35.3 Å². The van der Waals surface area contributed by atoms with Crippen molar-refractivity contribution in [1.29, 1.82) is 0 Å². The largest absolute Gasteiger partial charge is 0.486 e. The minimum absolute atomic E-state index is 0.212. The van der Waals surface area contributed by atoms with Crippen LogP contribution in [0.15, 0.2) is 60.9 Å². The van der Waals surface area contributed by atoms with Crippen molar-refractivity contribution >= 4 is 17.4 Å². The molecule has 28 heavy (non-hydrogen) atoms. The zero-order valence-electron chi connectivity index (χ0n) is 14.7. The van der Waals surface area contributed by atoms with E-state index in [-0.39, 0.29) is 5.91 Å². The van der Waals surface area contributed by atoms with Crippen LogP contribution in [0, 0.1) is 0 Å². The van der Waals surface area contributed by atoms with Crippen LogP contribution in [0.2, 0.25) is 0 Å². The maximum atomic E-state index is 12.6. The fourth-order valence-corrected chi connectivity index (χ4v) is 3.03. The van der Waals surface area contributed by atoms with E-state index in [1.54, 1.807) is 40.9 Å². The number of benzene rings is 2. The number of hydrogen-bond donors (Lipinski definition) is 1. The molecule has 0 bridgehead atoms. The summed E-state index contributed by atoms with van der Waals surface area (Å²) in [5.74, 6) is 2.30. The number of rotatable bonds is 3. The maximum absolute atomic E-state index is 12.6. The third-order valence-electron chi connectivity index (χ3n) is 4.39. The summed E-state index contributed by atoms with van der Waals surface area (Å²) in [4.78, 5) is 16.7. The monoisotopic (exact) mass is 373 g/mol. The number of nitrogens with one attached hydrogen (secondary N) is 1. The predicted molar refractivity (Wildman–Crippen MR) is 102 cm³/mol. The van der Waals surface area contributed by atoms with Gasteiger partial charge in [0.1, 0.15) is 13.2 Å². The Morgan fingerprint density at radius 3 is 2.68 bits per heavy atom. The SMILES string of the molecule is O=C(Nc1ccc2c(c1)OCCO2)c1ccc(-c2nnc3ncccn23)cc1. The van der Waals surface area contributed by atoms with Crippen LogP contribution >= 0.6 is 0 Å². The van der Waals surface area contributed by atoms with Gasteiger partial charge >= 0.3 is 0 Å². The van der Waals surface area contributed by atoms with Gasteiger partial charge in [0.25, 0.3) is 11.7 Å². The average Bonchev–Trinajstić information content (AvgIpc) is 3.18. The van der Waals surface area contributed by atoms with Crippen LogP contribution < -0.4 is 14.8 Å². The summed E-state index contributed by atoms with van der Waals surface area (Å²) in [5, 5.41) is 11.1. The third kappa shape index (κ3) is 2.90. The van der Waals surface area contributed by atoms with E-state index < -0.39 is 0 Å². The Morgan fingerprint density at radius 1 is 1.00 bits per heavy atom. The highest BCUT2D eigenvalue weighted by atomic mass is 16.6. The first kappa shape index (κ1) is 16.2. The van der Waals surface area contributed by atoms with Gasteiger partial charge in [-0.1, -0.05) is 12.1 Å². The normalized spacial score (nSPS) is 12.7. The second kappa shape index (κ2) is 6.66. The molecule has 8 heteroatoms. The van der Waals surface area contributed by atoms with Gasteiger partial charge in [-0.2, -0.15) is 0 Å². The lowest BCUT2D eigenvalue weighted by Gasteiger charge is -2.19. The van der Waals surface area contributed by atoms with Gasteiger partial charge in [-0.3, -0.25) is 9.20 Å². The molecule has 3 heterocycles. The quantitative estimate of drug-likeness (QED) is 0.594. The van der Waals surface area contributed by atoms with Crippen molar-refractivity contribution in [2.24, 2.45) is 0 Å². The van der Waals surface area contributed by atoms with Crippen molar-refractivity contribution in [2.75, 3.05) is 18.5 Å². The molecule has 1 amide bonds. The molecule has 8 nitrogen and oxygen atoms in total. The number of hydrogen-bond acceptors (Lipinski definition) is 6. The highest BCUT2D eigenvalue weighted by Crippen LogP contribution is 2.32. The Hall–Kier alpha value is -3.94. The second-order valence-electron chi connectivity index (χ2n) is 6.20. The fraction of sp³-hybridized carbons (Fsp3) is 0.100. The van der Waals surface area contributed by atoms with Crippen LogP contribution in [0.4, 0.5) is 5.69 Å². The zero-order chi connectivity index (χ0) is 18.9. The van der Waals surface area contributed by atoms with Crippen molar-refractivity contribution in [2.45, 2.75) is 0 Å². The molecule has 0 saturated carbocycles. The predicted octanol–water partition coefficient (Wildman–Crippen LogP) is 2.81. The van der Waals surface area contributed by atoms with E-state index in [0.717, 1.165) is 5.56 Å². The van der Waals surface area contributed by atoms with E-state index in [2.05, 4.69) is 20.5 Å². The van der Waals surface area contributed by atoms with E-state index in [1.165, 1.54) is 0 Å². The molecular formula is C20H15N5O3. The number of anilines is 1. The Morgan fingerprint density at radius 2 is 1.82 bits per heavy atom. The molecule has 5 rings (SSSR count). The summed E-state index contributed by atoms with van der Waals surface area (Å²) in [7, 11) is 0. The molecule has 0 spiro atoms. The number of fused-ring (bicyclic) bond motifs is 2. The topological polar surface area (TPSA) is 90.6 Å². The minimum atomic E-state index is -0.212. The summed E-state index contributed by atoms with van der Waals surface area (Å²) < 4.78 is 12.8. The summed E-state index contributed by atoms with van der Waals surface area (Å²) >= 11 is 0. The van der Waals surface area contributed by atoms with Crippen LogP contribution in [-0.4, -0.2) is 38.7 Å². The summed E-state index contributed by atoms with van der Waals surface area (Å²) in [6.45, 7) is 1.03. The maximum Gasteiger partial charge on any atom is 0.255 e. The molecule has 1 N–H and O–H groups in total. The van der Waals surface area contributed by atoms with Crippen molar-refractivity contribution in [3.8, 4) is 22.9 Å². The van der Waals surface area contributed by atoms with Crippen LogP contribution in [0.5, 0.6) is 11.5 Å². The Bertz CT molecular complexity index is 1170. The van der Waals surface area contributed by atoms with Gasteiger partial charge in [0.15, 0.2) is 17.3 Å². The molecule has 0 atom stereocenters. The molecular weight excluding hydrogens is 358 g/mol. The zero-order valence-corrected chi connectivity index (χ0v) is 14.7. The van der Waals surface area contributed by atoms with Crippen molar-refractivity contribution in [1.82, 2.24) is 19.6 Å². The lowest BCUT2D eigenvalue weighted by atomic mass is 10.1. The van der Waals surface area contributed by atoms with E-state index in [1.807, 2.05) is 24.4 Å². The number of carbonyl (C=O) groups is 1. The fourth-order valence-electron chi connectivity index (χ4n) is 3.03. The van der Waals surface area contributed by atoms with Crippen LogP contribution in [0.1, 0.15) is 10.4 Å².